The summed E-state index contributed by atoms with van der Waals surface area (Å²) < 4.78 is 25.2. The Bertz CT molecular complexity index is 1110. The number of piperidine rings is 1. The van der Waals surface area contributed by atoms with E-state index in [9.17, 15) is 23.1 Å². The monoisotopic (exact) mass is 590 g/mol. The van der Waals surface area contributed by atoms with Crippen LogP contribution < -0.4 is 10.0 Å². The van der Waals surface area contributed by atoms with Crippen LogP contribution in [0.5, 0.6) is 0 Å². The zero-order chi connectivity index (χ0) is 29.5. The first-order valence-electron chi connectivity index (χ1n) is 15.7. The van der Waals surface area contributed by atoms with Gasteiger partial charge in [0, 0.05) is 25.3 Å². The van der Waals surface area contributed by atoms with E-state index in [1.165, 1.54) is 12.0 Å². The lowest BCUT2D eigenvalue weighted by atomic mass is 9.78. The number of sulfonamides is 1. The molecule has 0 bridgehead atoms. The van der Waals surface area contributed by atoms with E-state index >= 15 is 0 Å². The Labute approximate surface area is 246 Å². The maximum absolute atomic E-state index is 13.8. The highest BCUT2D eigenvalue weighted by Crippen LogP contribution is 2.36. The number of amides is 2. The Kier molecular flexibility index (Phi) is 11.1. The van der Waals surface area contributed by atoms with Crippen molar-refractivity contribution in [2.75, 3.05) is 37.2 Å². The van der Waals surface area contributed by atoms with Crippen LogP contribution in [-0.4, -0.2) is 85.3 Å². The van der Waals surface area contributed by atoms with Gasteiger partial charge in [-0.25, -0.2) is 8.42 Å². The number of hydrogen-bond acceptors (Lipinski definition) is 6. The SMILES string of the molecule is CCCCN1C(=O)[C@@H]([C@H](O)C2CCCCC2)NC(=O)C12CCN(CCCCCc1ccc(NS(C)(=O)=O)cc1)CC2. The second-order valence-corrected chi connectivity index (χ2v) is 14.2. The highest BCUT2D eigenvalue weighted by atomic mass is 32.2. The molecule has 1 aromatic carbocycles. The zero-order valence-corrected chi connectivity index (χ0v) is 25.8. The number of benzene rings is 1. The largest absolute Gasteiger partial charge is 0.390 e. The van der Waals surface area contributed by atoms with Crippen LogP contribution >= 0.6 is 0 Å². The summed E-state index contributed by atoms with van der Waals surface area (Å²) in [5.74, 6) is -0.0895. The van der Waals surface area contributed by atoms with E-state index < -0.39 is 27.7 Å². The van der Waals surface area contributed by atoms with Gasteiger partial charge in [0.1, 0.15) is 11.6 Å². The number of hydrogen-bond donors (Lipinski definition) is 3. The number of rotatable bonds is 13. The van der Waals surface area contributed by atoms with Gasteiger partial charge in [0.15, 0.2) is 0 Å². The minimum atomic E-state index is -3.26. The number of aryl methyl sites for hydroxylation is 1. The highest BCUT2D eigenvalue weighted by Gasteiger charge is 2.55. The van der Waals surface area contributed by atoms with E-state index in [-0.39, 0.29) is 17.7 Å². The van der Waals surface area contributed by atoms with E-state index in [1.54, 1.807) is 12.1 Å². The van der Waals surface area contributed by atoms with Gasteiger partial charge < -0.3 is 20.2 Å². The smallest absolute Gasteiger partial charge is 0.248 e. The third-order valence-electron chi connectivity index (χ3n) is 9.35. The molecule has 1 aliphatic carbocycles. The van der Waals surface area contributed by atoms with E-state index in [0.717, 1.165) is 90.1 Å². The Hall–Kier alpha value is -2.17. The van der Waals surface area contributed by atoms with Crippen LogP contribution in [-0.2, 0) is 26.0 Å². The number of aliphatic hydroxyl groups is 1. The number of aliphatic hydroxyl groups excluding tert-OH is 1. The van der Waals surface area contributed by atoms with Gasteiger partial charge in [-0.15, -0.1) is 0 Å². The minimum absolute atomic E-state index is 0.0783. The van der Waals surface area contributed by atoms with Gasteiger partial charge in [-0.1, -0.05) is 51.2 Å². The summed E-state index contributed by atoms with van der Waals surface area (Å²) >= 11 is 0. The predicted molar refractivity (Wildman–Crippen MR) is 162 cm³/mol. The van der Waals surface area contributed by atoms with Crippen molar-refractivity contribution in [3.8, 4) is 0 Å². The summed E-state index contributed by atoms with van der Waals surface area (Å²) in [4.78, 5) is 31.7. The normalized spacial score (nSPS) is 23.0. The van der Waals surface area contributed by atoms with Crippen LogP contribution in [0.4, 0.5) is 5.69 Å². The van der Waals surface area contributed by atoms with Gasteiger partial charge >= 0.3 is 0 Å². The number of carbonyl (C=O) groups is 2. The van der Waals surface area contributed by atoms with Gasteiger partial charge in [-0.05, 0) is 81.5 Å². The van der Waals surface area contributed by atoms with E-state index in [2.05, 4.69) is 21.9 Å². The Balaban J connectivity index is 1.25. The molecule has 0 aromatic heterocycles. The van der Waals surface area contributed by atoms with Crippen LogP contribution in [0.3, 0.4) is 0 Å². The van der Waals surface area contributed by atoms with Crippen molar-refractivity contribution in [1.29, 1.82) is 0 Å². The molecular formula is C31H50N4O5S. The molecule has 10 heteroatoms. The molecule has 1 aromatic rings. The quantitative estimate of drug-likeness (QED) is 0.302. The molecule has 1 saturated carbocycles. The molecule has 2 aliphatic heterocycles. The van der Waals surface area contributed by atoms with Gasteiger partial charge in [0.05, 0.1) is 12.4 Å². The number of likely N-dealkylation sites (tertiary alicyclic amines) is 1. The molecule has 3 N–H and O–H groups in total. The second kappa shape index (κ2) is 14.3. The molecule has 0 radical (unpaired) electrons. The van der Waals surface area contributed by atoms with Crippen molar-refractivity contribution >= 4 is 27.5 Å². The fraction of sp³-hybridized carbons (Fsp3) is 0.742. The third kappa shape index (κ3) is 8.23. The second-order valence-electron chi connectivity index (χ2n) is 12.4. The molecule has 2 atom stereocenters. The van der Waals surface area contributed by atoms with Crippen LogP contribution in [0.2, 0.25) is 0 Å². The number of carbonyl (C=O) groups excluding carboxylic acids is 2. The Morgan fingerprint density at radius 3 is 2.32 bits per heavy atom. The van der Waals surface area contributed by atoms with Crippen molar-refractivity contribution in [2.24, 2.45) is 5.92 Å². The third-order valence-corrected chi connectivity index (χ3v) is 9.95. The summed E-state index contributed by atoms with van der Waals surface area (Å²) in [6, 6.07) is 6.72. The lowest BCUT2D eigenvalue weighted by Gasteiger charge is -2.52. The number of nitrogens with zero attached hydrogens (tertiary/aromatic N) is 2. The average molecular weight is 591 g/mol. The lowest BCUT2D eigenvalue weighted by molar-refractivity contribution is -0.165. The fourth-order valence-corrected chi connectivity index (χ4v) is 7.46. The van der Waals surface area contributed by atoms with Crippen LogP contribution in [0.25, 0.3) is 0 Å². The molecule has 2 saturated heterocycles. The number of unbranched alkanes of at least 4 members (excludes halogenated alkanes) is 3. The van der Waals surface area contributed by atoms with E-state index in [4.69, 9.17) is 0 Å². The summed E-state index contributed by atoms with van der Waals surface area (Å²) in [6.07, 6.45) is 12.8. The predicted octanol–water partition coefficient (Wildman–Crippen LogP) is 3.67. The van der Waals surface area contributed by atoms with Gasteiger partial charge in [-0.3, -0.25) is 14.3 Å². The first kappa shape index (κ1) is 31.8. The van der Waals surface area contributed by atoms with Crippen molar-refractivity contribution in [1.82, 2.24) is 15.1 Å². The molecule has 41 heavy (non-hydrogen) atoms. The maximum Gasteiger partial charge on any atom is 0.248 e. The molecule has 3 aliphatic rings. The zero-order valence-electron chi connectivity index (χ0n) is 24.9. The summed E-state index contributed by atoms with van der Waals surface area (Å²) in [5, 5.41) is 14.1. The van der Waals surface area contributed by atoms with E-state index in [1.807, 2.05) is 17.0 Å². The van der Waals surface area contributed by atoms with E-state index in [0.29, 0.717) is 25.1 Å². The Morgan fingerprint density at radius 1 is 1.00 bits per heavy atom. The van der Waals surface area contributed by atoms with Gasteiger partial charge in [0.25, 0.3) is 0 Å². The summed E-state index contributed by atoms with van der Waals surface area (Å²) in [5.41, 5.74) is 0.969. The first-order chi connectivity index (χ1) is 19.6. The van der Waals surface area contributed by atoms with Crippen LogP contribution in [0, 0.1) is 5.92 Å². The molecule has 9 nitrogen and oxygen atoms in total. The lowest BCUT2D eigenvalue weighted by Crippen LogP contribution is -2.75. The molecule has 0 unspecified atom stereocenters. The van der Waals surface area contributed by atoms with Crippen molar-refractivity contribution in [2.45, 2.75) is 108 Å². The molecule has 3 fully saturated rings. The average Bonchev–Trinajstić information content (AvgIpc) is 2.96. The maximum atomic E-state index is 13.8. The fourth-order valence-electron chi connectivity index (χ4n) is 6.90. The first-order valence-corrected chi connectivity index (χ1v) is 17.6. The van der Waals surface area contributed by atoms with Gasteiger partial charge in [-0.2, -0.15) is 0 Å². The molecule has 1 spiro atoms. The molecule has 4 rings (SSSR count). The van der Waals surface area contributed by atoms with Crippen molar-refractivity contribution in [3.63, 3.8) is 0 Å². The minimum Gasteiger partial charge on any atom is -0.390 e. The molecule has 2 amide bonds. The highest BCUT2D eigenvalue weighted by molar-refractivity contribution is 7.92. The number of piperazine rings is 1. The molecular weight excluding hydrogens is 540 g/mol. The number of nitrogens with one attached hydrogen (secondary N) is 2. The van der Waals surface area contributed by atoms with Crippen molar-refractivity contribution in [3.05, 3.63) is 29.8 Å². The molecule has 230 valence electrons. The summed E-state index contributed by atoms with van der Waals surface area (Å²) in [6.45, 7) is 5.22. The number of anilines is 1. The summed E-state index contributed by atoms with van der Waals surface area (Å²) in [7, 11) is -3.26. The molecule has 2 heterocycles. The van der Waals surface area contributed by atoms with Crippen LogP contribution in [0.15, 0.2) is 24.3 Å². The topological polar surface area (TPSA) is 119 Å². The van der Waals surface area contributed by atoms with Crippen molar-refractivity contribution < 1.29 is 23.1 Å². The Morgan fingerprint density at radius 2 is 1.68 bits per heavy atom. The van der Waals surface area contributed by atoms with Crippen LogP contribution in [0.1, 0.15) is 89.5 Å². The standard InChI is InChI=1S/C31H50N4O5S/c1-3-4-21-35-29(37)27(28(36)25-12-8-5-9-13-25)32-30(38)31(35)18-22-34(23-19-31)20-10-6-7-11-24-14-16-26(17-15-24)33-41(2,39)40/h14-17,25,27-28,33,36H,3-13,18-23H2,1-2H3,(H,32,38)/t27-,28-/m1/s1. The van der Waals surface area contributed by atoms with Gasteiger partial charge in [0.2, 0.25) is 21.8 Å².